The molecule has 26 heavy (non-hydrogen) atoms. The fourth-order valence-corrected chi connectivity index (χ4v) is 5.55. The molecular weight excluding hydrogens is 350 g/mol. The van der Waals surface area contributed by atoms with Crippen LogP contribution in [0.1, 0.15) is 71.4 Å². The van der Waals surface area contributed by atoms with Crippen LogP contribution in [0.25, 0.3) is 0 Å². The van der Waals surface area contributed by atoms with Crippen molar-refractivity contribution in [3.05, 3.63) is 33.1 Å². The maximum absolute atomic E-state index is 12.3. The van der Waals surface area contributed by atoms with E-state index in [9.17, 15) is 9.59 Å². The van der Waals surface area contributed by atoms with Crippen LogP contribution in [-0.2, 0) is 16.1 Å². The number of carboxylic acids is 1. The summed E-state index contributed by atoms with van der Waals surface area (Å²) in [5, 5.41) is 16.3. The van der Waals surface area contributed by atoms with Crippen molar-refractivity contribution in [1.82, 2.24) is 9.78 Å². The Morgan fingerprint density at radius 3 is 2.77 bits per heavy atom. The second-order valence-electron chi connectivity index (χ2n) is 7.28. The molecule has 2 N–H and O–H groups in total. The largest absolute Gasteiger partial charge is 0.480 e. The van der Waals surface area contributed by atoms with E-state index in [1.54, 1.807) is 0 Å². The Morgan fingerprint density at radius 2 is 2.04 bits per heavy atom. The van der Waals surface area contributed by atoms with Crippen LogP contribution in [-0.4, -0.2) is 26.8 Å². The summed E-state index contributed by atoms with van der Waals surface area (Å²) in [4.78, 5) is 26.0. The molecule has 1 aliphatic heterocycles. The van der Waals surface area contributed by atoms with Gasteiger partial charge in [-0.2, -0.15) is 5.10 Å². The molecule has 1 fully saturated rings. The molecule has 138 valence electrons. The third-order valence-electron chi connectivity index (χ3n) is 5.45. The Bertz CT molecular complexity index is 848. The molecule has 0 aromatic carbocycles. The van der Waals surface area contributed by atoms with Crippen LogP contribution in [0, 0.1) is 6.92 Å². The minimum Gasteiger partial charge on any atom is -0.480 e. The van der Waals surface area contributed by atoms with E-state index in [0.717, 1.165) is 11.3 Å². The van der Waals surface area contributed by atoms with Crippen molar-refractivity contribution >= 4 is 29.0 Å². The van der Waals surface area contributed by atoms with Crippen molar-refractivity contribution in [2.45, 2.75) is 63.8 Å². The average Bonchev–Trinajstić information content (AvgIpc) is 3.21. The molecule has 1 saturated carbocycles. The lowest BCUT2D eigenvalue weighted by Crippen LogP contribution is -2.25. The molecule has 1 unspecified atom stereocenters. The van der Waals surface area contributed by atoms with Crippen LogP contribution >= 0.6 is 11.3 Å². The number of nitrogens with zero attached hydrogens (tertiary/aromatic N) is 2. The molecule has 4 rings (SSSR count). The van der Waals surface area contributed by atoms with Crippen LogP contribution in [0.2, 0.25) is 0 Å². The first-order chi connectivity index (χ1) is 12.5. The molecule has 2 aromatic rings. The molecule has 3 heterocycles. The second kappa shape index (κ2) is 6.87. The highest BCUT2D eigenvalue weighted by molar-refractivity contribution is 7.12. The van der Waals surface area contributed by atoms with Gasteiger partial charge in [-0.3, -0.25) is 9.59 Å². The number of aliphatic carboxylic acids is 1. The lowest BCUT2D eigenvalue weighted by atomic mass is 9.88. The van der Waals surface area contributed by atoms with E-state index < -0.39 is 5.97 Å². The lowest BCUT2D eigenvalue weighted by molar-refractivity contribution is -0.137. The smallest absolute Gasteiger partial charge is 0.325 e. The first kappa shape index (κ1) is 17.3. The summed E-state index contributed by atoms with van der Waals surface area (Å²) < 4.78 is 1.40. The van der Waals surface area contributed by atoms with Gasteiger partial charge >= 0.3 is 5.97 Å². The monoisotopic (exact) mass is 373 g/mol. The Kier molecular flexibility index (Phi) is 4.56. The van der Waals surface area contributed by atoms with E-state index in [0.29, 0.717) is 18.2 Å². The molecule has 0 bridgehead atoms. The van der Waals surface area contributed by atoms with E-state index in [4.69, 9.17) is 5.11 Å². The zero-order valence-corrected chi connectivity index (χ0v) is 15.6. The number of nitrogens with one attached hydrogen (secondary N) is 1. The van der Waals surface area contributed by atoms with Crippen LogP contribution < -0.4 is 5.32 Å². The van der Waals surface area contributed by atoms with E-state index >= 15 is 0 Å². The van der Waals surface area contributed by atoms with Crippen molar-refractivity contribution in [2.75, 3.05) is 5.32 Å². The maximum Gasteiger partial charge on any atom is 0.325 e. The maximum atomic E-state index is 12.3. The van der Waals surface area contributed by atoms with Crippen LogP contribution in [0.15, 0.2) is 12.1 Å². The summed E-state index contributed by atoms with van der Waals surface area (Å²) in [5.41, 5.74) is 1.75. The molecule has 1 aliphatic carbocycles. The zero-order valence-electron chi connectivity index (χ0n) is 14.8. The van der Waals surface area contributed by atoms with Gasteiger partial charge in [-0.15, -0.1) is 11.3 Å². The number of carbonyl (C=O) groups is 2. The van der Waals surface area contributed by atoms with Crippen molar-refractivity contribution < 1.29 is 14.7 Å². The molecule has 2 aliphatic rings. The molecule has 7 heteroatoms. The van der Waals surface area contributed by atoms with E-state index in [1.165, 1.54) is 46.5 Å². The topological polar surface area (TPSA) is 84.2 Å². The van der Waals surface area contributed by atoms with Gasteiger partial charge in [0.1, 0.15) is 12.4 Å². The quantitative estimate of drug-likeness (QED) is 0.852. The number of hydrogen-bond donors (Lipinski definition) is 2. The predicted octanol–water partition coefficient (Wildman–Crippen LogP) is 3.86. The summed E-state index contributed by atoms with van der Waals surface area (Å²) in [6, 6.07) is 4.37. The average molecular weight is 373 g/mol. The van der Waals surface area contributed by atoms with Gasteiger partial charge < -0.3 is 10.4 Å². The summed E-state index contributed by atoms with van der Waals surface area (Å²) in [6.45, 7) is 1.64. The Balaban J connectivity index is 1.68. The number of aryl methyl sites for hydroxylation is 1. The predicted molar refractivity (Wildman–Crippen MR) is 99.8 cm³/mol. The van der Waals surface area contributed by atoms with E-state index in [2.05, 4.69) is 22.5 Å². The lowest BCUT2D eigenvalue weighted by Gasteiger charge is -2.23. The SMILES string of the molecule is Cc1nn(CC(=O)O)c2c1C(c1ccc(C3CCCCC3)s1)CC(=O)N2. The van der Waals surface area contributed by atoms with Gasteiger partial charge in [-0.1, -0.05) is 19.3 Å². The number of amides is 1. The number of rotatable bonds is 4. The minimum atomic E-state index is -0.970. The standard InChI is InChI=1S/C19H23N3O3S/c1-11-18-13(9-16(23)20-19(18)22(21-11)10-17(24)25)15-8-7-14(26-15)12-5-3-2-4-6-12/h7-8,12-13H,2-6,9-10H2,1H3,(H,20,23)(H,24,25). The fraction of sp³-hybridized carbons (Fsp3) is 0.526. The summed E-state index contributed by atoms with van der Waals surface area (Å²) in [6.07, 6.45) is 6.84. The van der Waals surface area contributed by atoms with Gasteiger partial charge in [0.25, 0.3) is 0 Å². The van der Waals surface area contributed by atoms with Gasteiger partial charge in [0, 0.05) is 27.7 Å². The minimum absolute atomic E-state index is 0.0383. The van der Waals surface area contributed by atoms with Gasteiger partial charge in [-0.25, -0.2) is 4.68 Å². The molecular formula is C19H23N3O3S. The number of hydrogen-bond acceptors (Lipinski definition) is 4. The molecule has 0 radical (unpaired) electrons. The fourth-order valence-electron chi connectivity index (χ4n) is 4.26. The molecule has 1 atom stereocenters. The van der Waals surface area contributed by atoms with E-state index in [-0.39, 0.29) is 18.4 Å². The Hall–Kier alpha value is -2.15. The molecule has 0 saturated heterocycles. The Labute approximate surface area is 156 Å². The summed E-state index contributed by atoms with van der Waals surface area (Å²) >= 11 is 1.81. The van der Waals surface area contributed by atoms with Gasteiger partial charge in [0.2, 0.25) is 5.91 Å². The van der Waals surface area contributed by atoms with Gasteiger partial charge in [-0.05, 0) is 37.8 Å². The Morgan fingerprint density at radius 1 is 1.31 bits per heavy atom. The van der Waals surface area contributed by atoms with Crippen LogP contribution in [0.3, 0.4) is 0 Å². The van der Waals surface area contributed by atoms with Crippen LogP contribution in [0.5, 0.6) is 0 Å². The van der Waals surface area contributed by atoms with Crippen molar-refractivity contribution in [3.63, 3.8) is 0 Å². The van der Waals surface area contributed by atoms with Gasteiger partial charge in [0.05, 0.1) is 5.69 Å². The third-order valence-corrected chi connectivity index (χ3v) is 6.81. The van der Waals surface area contributed by atoms with Crippen molar-refractivity contribution in [2.24, 2.45) is 0 Å². The van der Waals surface area contributed by atoms with Crippen molar-refractivity contribution in [1.29, 1.82) is 0 Å². The highest BCUT2D eigenvalue weighted by atomic mass is 32.1. The van der Waals surface area contributed by atoms with E-state index in [1.807, 2.05) is 18.3 Å². The first-order valence-electron chi connectivity index (χ1n) is 9.21. The number of carboxylic acid groups (broad SMARTS) is 1. The molecule has 1 amide bonds. The molecule has 2 aromatic heterocycles. The summed E-state index contributed by atoms with van der Waals surface area (Å²) in [5.74, 6) is 0.0988. The highest BCUT2D eigenvalue weighted by Gasteiger charge is 2.33. The highest BCUT2D eigenvalue weighted by Crippen LogP contribution is 2.44. The zero-order chi connectivity index (χ0) is 18.3. The third kappa shape index (κ3) is 3.16. The first-order valence-corrected chi connectivity index (χ1v) is 10.0. The number of carbonyl (C=O) groups excluding carboxylic acids is 1. The number of fused-ring (bicyclic) bond motifs is 1. The number of anilines is 1. The van der Waals surface area contributed by atoms with Crippen LogP contribution in [0.4, 0.5) is 5.82 Å². The number of thiophene rings is 1. The second-order valence-corrected chi connectivity index (χ2v) is 8.43. The van der Waals surface area contributed by atoms with Crippen molar-refractivity contribution in [3.8, 4) is 0 Å². The normalized spacial score (nSPS) is 20.7. The number of aromatic nitrogens is 2. The summed E-state index contributed by atoms with van der Waals surface area (Å²) in [7, 11) is 0. The molecule has 0 spiro atoms. The van der Waals surface area contributed by atoms with Gasteiger partial charge in [0.15, 0.2) is 0 Å². The molecule has 6 nitrogen and oxygen atoms in total.